The van der Waals surface area contributed by atoms with E-state index in [1.165, 1.54) is 12.2 Å². The normalized spacial score (nSPS) is 10.4. The van der Waals surface area contributed by atoms with Crippen molar-refractivity contribution in [1.29, 1.82) is 0 Å². The fraction of sp³-hybridized carbons (Fsp3) is 0.100. The molecule has 0 spiro atoms. The monoisotopic (exact) mass is 224 g/mol. The van der Waals surface area contributed by atoms with Gasteiger partial charge in [-0.15, -0.1) is 0 Å². The van der Waals surface area contributed by atoms with E-state index < -0.39 is 16.6 Å². The molecule has 0 saturated heterocycles. The van der Waals surface area contributed by atoms with Gasteiger partial charge in [0.1, 0.15) is 0 Å². The number of rotatable bonds is 3. The number of nitrogens with one attached hydrogen (secondary N) is 1. The van der Waals surface area contributed by atoms with Crippen LogP contribution in [0.25, 0.3) is 0 Å². The lowest BCUT2D eigenvalue weighted by atomic mass is 10.2. The Bertz CT molecular complexity index is 457. The van der Waals surface area contributed by atoms with Crippen molar-refractivity contribution in [3.8, 4) is 0 Å². The number of allylic oxidation sites excluding steroid dienone is 1. The number of nitrogens with zero attached hydrogens (tertiary/aromatic N) is 1. The molecule has 0 aromatic heterocycles. The molecule has 1 aromatic rings. The van der Waals surface area contributed by atoms with Gasteiger partial charge in [-0.25, -0.2) is 4.39 Å². The van der Waals surface area contributed by atoms with Crippen LogP contribution in [0.2, 0.25) is 0 Å². The molecule has 0 aliphatic carbocycles. The summed E-state index contributed by atoms with van der Waals surface area (Å²) in [7, 11) is 0. The summed E-state index contributed by atoms with van der Waals surface area (Å²) in [5.74, 6) is -1.33. The molecule has 84 valence electrons. The molecule has 0 bridgehead atoms. The van der Waals surface area contributed by atoms with E-state index in [0.717, 1.165) is 18.2 Å². The Hall–Kier alpha value is -2.24. The summed E-state index contributed by atoms with van der Waals surface area (Å²) in [5, 5.41) is 12.6. The van der Waals surface area contributed by atoms with Crippen molar-refractivity contribution in [2.45, 2.75) is 6.92 Å². The van der Waals surface area contributed by atoms with Crippen LogP contribution in [0.4, 0.5) is 15.8 Å². The molecule has 0 aliphatic heterocycles. The molecule has 16 heavy (non-hydrogen) atoms. The van der Waals surface area contributed by atoms with Crippen LogP contribution in [0.15, 0.2) is 30.4 Å². The van der Waals surface area contributed by atoms with E-state index >= 15 is 0 Å². The first-order valence-corrected chi connectivity index (χ1v) is 4.42. The molecule has 0 atom stereocenters. The van der Waals surface area contributed by atoms with Crippen LogP contribution < -0.4 is 5.32 Å². The van der Waals surface area contributed by atoms with Gasteiger partial charge in [-0.1, -0.05) is 6.08 Å². The minimum atomic E-state index is -0.841. The minimum Gasteiger partial charge on any atom is -0.320 e. The quantitative estimate of drug-likeness (QED) is 0.486. The summed E-state index contributed by atoms with van der Waals surface area (Å²) >= 11 is 0. The van der Waals surface area contributed by atoms with Crippen LogP contribution in [-0.2, 0) is 4.79 Å². The molecule has 1 N–H and O–H groups in total. The van der Waals surface area contributed by atoms with Crippen LogP contribution in [0.5, 0.6) is 0 Å². The second kappa shape index (κ2) is 5.01. The molecule has 1 amide bonds. The first-order chi connectivity index (χ1) is 7.54. The molecule has 0 saturated carbocycles. The zero-order valence-electron chi connectivity index (χ0n) is 8.44. The van der Waals surface area contributed by atoms with Crippen LogP contribution in [0, 0.1) is 15.9 Å². The molecule has 0 unspecified atom stereocenters. The number of anilines is 1. The van der Waals surface area contributed by atoms with Crippen molar-refractivity contribution in [2.75, 3.05) is 5.32 Å². The highest BCUT2D eigenvalue weighted by atomic mass is 19.1. The van der Waals surface area contributed by atoms with E-state index in [9.17, 15) is 19.3 Å². The SMILES string of the molecule is CC=CC(=O)Nc1ccc([N+](=O)[O-])cc1F. The van der Waals surface area contributed by atoms with Crippen LogP contribution in [-0.4, -0.2) is 10.8 Å². The highest BCUT2D eigenvalue weighted by Gasteiger charge is 2.11. The fourth-order valence-corrected chi connectivity index (χ4v) is 1.04. The summed E-state index contributed by atoms with van der Waals surface area (Å²) in [6.45, 7) is 1.64. The maximum absolute atomic E-state index is 13.3. The number of non-ortho nitro benzene ring substituents is 1. The van der Waals surface area contributed by atoms with Gasteiger partial charge in [-0.2, -0.15) is 0 Å². The summed E-state index contributed by atoms with van der Waals surface area (Å²) in [4.78, 5) is 20.7. The van der Waals surface area contributed by atoms with Crippen molar-refractivity contribution < 1.29 is 14.1 Å². The average Bonchev–Trinajstić information content (AvgIpc) is 2.21. The Morgan fingerprint density at radius 3 is 2.75 bits per heavy atom. The van der Waals surface area contributed by atoms with Crippen LogP contribution >= 0.6 is 0 Å². The second-order valence-electron chi connectivity index (χ2n) is 2.91. The summed E-state index contributed by atoms with van der Waals surface area (Å²) in [5.41, 5.74) is -0.449. The number of halogens is 1. The Morgan fingerprint density at radius 2 is 2.25 bits per heavy atom. The van der Waals surface area contributed by atoms with Gasteiger partial charge < -0.3 is 5.32 Å². The molecular weight excluding hydrogens is 215 g/mol. The Balaban J connectivity index is 2.91. The highest BCUT2D eigenvalue weighted by molar-refractivity contribution is 5.99. The Morgan fingerprint density at radius 1 is 1.56 bits per heavy atom. The molecular formula is C10H9FN2O3. The van der Waals surface area contributed by atoms with E-state index in [4.69, 9.17) is 0 Å². The van der Waals surface area contributed by atoms with Gasteiger partial charge in [-0.05, 0) is 19.1 Å². The van der Waals surface area contributed by atoms with Crippen molar-refractivity contribution >= 4 is 17.3 Å². The zero-order valence-corrected chi connectivity index (χ0v) is 8.44. The summed E-state index contributed by atoms with van der Waals surface area (Å²) in [6.07, 6.45) is 2.72. The Labute approximate surface area is 90.7 Å². The molecule has 5 nitrogen and oxygen atoms in total. The molecule has 1 rings (SSSR count). The van der Waals surface area contributed by atoms with Gasteiger partial charge in [0.05, 0.1) is 16.7 Å². The van der Waals surface area contributed by atoms with Gasteiger partial charge >= 0.3 is 0 Å². The van der Waals surface area contributed by atoms with Gasteiger partial charge in [0.2, 0.25) is 5.91 Å². The largest absolute Gasteiger partial charge is 0.320 e. The minimum absolute atomic E-state index is 0.0892. The third-order valence-electron chi connectivity index (χ3n) is 1.74. The predicted octanol–water partition coefficient (Wildman–Crippen LogP) is 2.25. The summed E-state index contributed by atoms with van der Waals surface area (Å²) in [6, 6.07) is 3.02. The third-order valence-corrected chi connectivity index (χ3v) is 1.74. The van der Waals surface area contributed by atoms with Crippen LogP contribution in [0.3, 0.4) is 0 Å². The van der Waals surface area contributed by atoms with Gasteiger partial charge in [0.25, 0.3) is 5.69 Å². The van der Waals surface area contributed by atoms with E-state index in [-0.39, 0.29) is 11.4 Å². The molecule has 0 heterocycles. The van der Waals surface area contributed by atoms with Gasteiger partial charge in [0, 0.05) is 6.07 Å². The first-order valence-electron chi connectivity index (χ1n) is 4.42. The maximum Gasteiger partial charge on any atom is 0.272 e. The average molecular weight is 224 g/mol. The Kier molecular flexibility index (Phi) is 3.71. The van der Waals surface area contributed by atoms with Crippen molar-refractivity contribution in [2.24, 2.45) is 0 Å². The lowest BCUT2D eigenvalue weighted by Crippen LogP contribution is -2.09. The van der Waals surface area contributed by atoms with Crippen molar-refractivity contribution in [3.63, 3.8) is 0 Å². The predicted molar refractivity (Wildman–Crippen MR) is 56.5 cm³/mol. The van der Waals surface area contributed by atoms with E-state index in [0.29, 0.717) is 0 Å². The van der Waals surface area contributed by atoms with E-state index in [2.05, 4.69) is 5.32 Å². The maximum atomic E-state index is 13.3. The molecule has 0 radical (unpaired) electrons. The number of carbonyl (C=O) groups is 1. The molecule has 1 aromatic carbocycles. The van der Waals surface area contributed by atoms with Crippen molar-refractivity contribution in [3.05, 3.63) is 46.3 Å². The number of benzene rings is 1. The summed E-state index contributed by atoms with van der Waals surface area (Å²) < 4.78 is 13.3. The number of nitro benzene ring substituents is 1. The second-order valence-corrected chi connectivity index (χ2v) is 2.91. The molecule has 0 aliphatic rings. The van der Waals surface area contributed by atoms with Crippen LogP contribution in [0.1, 0.15) is 6.92 Å². The number of hydrogen-bond acceptors (Lipinski definition) is 3. The van der Waals surface area contributed by atoms with Crippen molar-refractivity contribution in [1.82, 2.24) is 0 Å². The number of hydrogen-bond donors (Lipinski definition) is 1. The third kappa shape index (κ3) is 2.88. The fourth-order valence-electron chi connectivity index (χ4n) is 1.04. The van der Waals surface area contributed by atoms with E-state index in [1.54, 1.807) is 6.92 Å². The number of nitro groups is 1. The molecule has 0 fully saturated rings. The zero-order chi connectivity index (χ0) is 12.1. The standard InChI is InChI=1S/C10H9FN2O3/c1-2-3-10(14)12-9-5-4-7(13(15)16)6-8(9)11/h2-6H,1H3,(H,12,14). The lowest BCUT2D eigenvalue weighted by Gasteiger charge is -2.02. The topological polar surface area (TPSA) is 72.2 Å². The van der Waals surface area contributed by atoms with E-state index in [1.807, 2.05) is 0 Å². The number of carbonyl (C=O) groups excluding carboxylic acids is 1. The van der Waals surface area contributed by atoms with Gasteiger partial charge in [0.15, 0.2) is 5.82 Å². The number of amides is 1. The highest BCUT2D eigenvalue weighted by Crippen LogP contribution is 2.20. The first kappa shape index (κ1) is 11.8. The smallest absolute Gasteiger partial charge is 0.272 e. The molecule has 6 heteroatoms. The lowest BCUT2D eigenvalue weighted by molar-refractivity contribution is -0.385. The van der Waals surface area contributed by atoms with Gasteiger partial charge in [-0.3, -0.25) is 14.9 Å².